The van der Waals surface area contributed by atoms with Crippen molar-refractivity contribution in [1.82, 2.24) is 15.2 Å². The van der Waals surface area contributed by atoms with Gasteiger partial charge in [0.15, 0.2) is 0 Å². The summed E-state index contributed by atoms with van der Waals surface area (Å²) < 4.78 is 11.4. The maximum atomic E-state index is 5.72. The summed E-state index contributed by atoms with van der Waals surface area (Å²) in [5.41, 5.74) is 4.08. The number of ether oxygens (including phenoxy) is 2. The van der Waals surface area contributed by atoms with Gasteiger partial charge in [-0.3, -0.25) is 4.98 Å². The molecule has 5 nitrogen and oxygen atoms in total. The topological polar surface area (TPSA) is 57.1 Å². The maximum absolute atomic E-state index is 5.72. The smallest absolute Gasteiger partial charge is 0.0945 e. The lowest BCUT2D eigenvalue weighted by molar-refractivity contribution is 0.126. The molecule has 190 valence electrons. The minimum atomic E-state index is 0.849. The highest BCUT2D eigenvalue weighted by Crippen LogP contribution is 2.16. The van der Waals surface area contributed by atoms with Crippen LogP contribution in [0.15, 0.2) is 30.5 Å². The largest absolute Gasteiger partial charge is 0.381 e. The number of aryl methyl sites for hydroxylation is 2. The SMILES string of the molecule is CCCCCCOCCCCc1ccc(-c2ccc(CCCCOCCCCCC)nn2)cn1. The van der Waals surface area contributed by atoms with E-state index in [1.165, 1.54) is 51.4 Å². The summed E-state index contributed by atoms with van der Waals surface area (Å²) in [6.07, 6.45) is 18.4. The summed E-state index contributed by atoms with van der Waals surface area (Å²) in [6.45, 7) is 7.98. The molecule has 0 N–H and O–H groups in total. The van der Waals surface area contributed by atoms with Gasteiger partial charge in [-0.05, 0) is 75.6 Å². The molecular formula is C29H47N3O2. The lowest BCUT2D eigenvalue weighted by atomic mass is 10.1. The first-order chi connectivity index (χ1) is 16.8. The number of unbranched alkanes of at least 4 members (excludes halogenated alkanes) is 8. The van der Waals surface area contributed by atoms with Crippen molar-refractivity contribution < 1.29 is 9.47 Å². The lowest BCUT2D eigenvalue weighted by Gasteiger charge is -2.06. The molecule has 5 heteroatoms. The molecule has 0 unspecified atom stereocenters. The molecule has 34 heavy (non-hydrogen) atoms. The van der Waals surface area contributed by atoms with Crippen LogP contribution in [-0.4, -0.2) is 41.6 Å². The van der Waals surface area contributed by atoms with E-state index in [2.05, 4.69) is 53.3 Å². The summed E-state index contributed by atoms with van der Waals surface area (Å²) in [5, 5.41) is 8.83. The van der Waals surface area contributed by atoms with E-state index >= 15 is 0 Å². The van der Waals surface area contributed by atoms with E-state index in [-0.39, 0.29) is 0 Å². The minimum Gasteiger partial charge on any atom is -0.381 e. The number of pyridine rings is 1. The van der Waals surface area contributed by atoms with Gasteiger partial charge in [-0.2, -0.15) is 10.2 Å². The minimum absolute atomic E-state index is 0.849. The van der Waals surface area contributed by atoms with Crippen LogP contribution in [0.25, 0.3) is 11.3 Å². The zero-order chi connectivity index (χ0) is 24.1. The molecule has 2 rings (SSSR count). The molecular weight excluding hydrogens is 422 g/mol. The number of aromatic nitrogens is 3. The van der Waals surface area contributed by atoms with Crippen LogP contribution in [-0.2, 0) is 22.3 Å². The van der Waals surface area contributed by atoms with Crippen LogP contribution in [0.2, 0.25) is 0 Å². The fraction of sp³-hybridized carbons (Fsp3) is 0.690. The highest BCUT2D eigenvalue weighted by molar-refractivity contribution is 5.57. The Balaban J connectivity index is 1.57. The molecule has 0 aromatic carbocycles. The van der Waals surface area contributed by atoms with Crippen molar-refractivity contribution in [2.24, 2.45) is 0 Å². The van der Waals surface area contributed by atoms with Gasteiger partial charge in [0.05, 0.1) is 11.4 Å². The van der Waals surface area contributed by atoms with Crippen molar-refractivity contribution >= 4 is 0 Å². The number of hydrogen-bond acceptors (Lipinski definition) is 5. The van der Waals surface area contributed by atoms with Gasteiger partial charge in [-0.25, -0.2) is 0 Å². The summed E-state index contributed by atoms with van der Waals surface area (Å²) in [5.74, 6) is 0. The molecule has 0 amide bonds. The molecule has 0 saturated carbocycles. The third-order valence-corrected chi connectivity index (χ3v) is 6.07. The van der Waals surface area contributed by atoms with E-state index in [1.54, 1.807) is 0 Å². The fourth-order valence-corrected chi connectivity index (χ4v) is 3.86. The van der Waals surface area contributed by atoms with Crippen LogP contribution in [0, 0.1) is 0 Å². The van der Waals surface area contributed by atoms with Gasteiger partial charge >= 0.3 is 0 Å². The van der Waals surface area contributed by atoms with E-state index in [0.29, 0.717) is 0 Å². The molecule has 0 aliphatic heterocycles. The van der Waals surface area contributed by atoms with E-state index in [9.17, 15) is 0 Å². The summed E-state index contributed by atoms with van der Waals surface area (Å²) in [7, 11) is 0. The normalized spacial score (nSPS) is 11.2. The molecule has 0 aliphatic carbocycles. The average Bonchev–Trinajstić information content (AvgIpc) is 2.87. The van der Waals surface area contributed by atoms with Crippen LogP contribution < -0.4 is 0 Å². The molecule has 0 fully saturated rings. The van der Waals surface area contributed by atoms with Gasteiger partial charge in [-0.1, -0.05) is 52.4 Å². The summed E-state index contributed by atoms with van der Waals surface area (Å²) >= 11 is 0. The first kappa shape index (κ1) is 28.4. The third-order valence-electron chi connectivity index (χ3n) is 6.07. The number of nitrogens with zero attached hydrogens (tertiary/aromatic N) is 3. The Kier molecular flexibility index (Phi) is 16.2. The van der Waals surface area contributed by atoms with Crippen LogP contribution in [0.4, 0.5) is 0 Å². The highest BCUT2D eigenvalue weighted by Gasteiger charge is 2.04. The molecule has 0 saturated heterocycles. The van der Waals surface area contributed by atoms with Crippen molar-refractivity contribution in [3.05, 3.63) is 41.9 Å². The van der Waals surface area contributed by atoms with E-state index in [1.807, 2.05) is 6.20 Å². The van der Waals surface area contributed by atoms with Crippen molar-refractivity contribution in [3.8, 4) is 11.3 Å². The van der Waals surface area contributed by atoms with Crippen molar-refractivity contribution in [2.45, 2.75) is 104 Å². The Morgan fingerprint density at radius 3 is 1.62 bits per heavy atom. The zero-order valence-corrected chi connectivity index (χ0v) is 21.8. The van der Waals surface area contributed by atoms with Gasteiger partial charge in [0.1, 0.15) is 0 Å². The Bertz CT molecular complexity index is 656. The summed E-state index contributed by atoms with van der Waals surface area (Å²) in [6, 6.07) is 8.36. The first-order valence-corrected chi connectivity index (χ1v) is 13.8. The maximum Gasteiger partial charge on any atom is 0.0945 e. The Hall–Kier alpha value is -1.85. The van der Waals surface area contributed by atoms with Crippen LogP contribution in [0.5, 0.6) is 0 Å². The molecule has 0 aliphatic rings. The highest BCUT2D eigenvalue weighted by atomic mass is 16.5. The Morgan fingerprint density at radius 2 is 1.12 bits per heavy atom. The van der Waals surface area contributed by atoms with Crippen molar-refractivity contribution in [1.29, 1.82) is 0 Å². The molecule has 2 aromatic rings. The zero-order valence-electron chi connectivity index (χ0n) is 21.8. The number of hydrogen-bond donors (Lipinski definition) is 0. The molecule has 2 heterocycles. The van der Waals surface area contributed by atoms with E-state index in [4.69, 9.17) is 9.47 Å². The second-order valence-corrected chi connectivity index (χ2v) is 9.21. The second-order valence-electron chi connectivity index (χ2n) is 9.21. The summed E-state index contributed by atoms with van der Waals surface area (Å²) in [4.78, 5) is 4.62. The number of rotatable bonds is 21. The standard InChI is InChI=1S/C29H47N3O2/c1-3-5-7-11-21-33-23-13-9-15-27-18-17-26(25-30-27)29-20-19-28(31-32-29)16-10-14-24-34-22-12-8-6-4-2/h17-20,25H,3-16,21-24H2,1-2H3. The molecule has 2 aromatic heterocycles. The average molecular weight is 470 g/mol. The van der Waals surface area contributed by atoms with E-state index in [0.717, 1.165) is 87.6 Å². The predicted octanol–water partition coefficient (Wildman–Crippen LogP) is 7.38. The molecule has 0 spiro atoms. The van der Waals surface area contributed by atoms with Crippen LogP contribution >= 0.6 is 0 Å². The van der Waals surface area contributed by atoms with Gasteiger partial charge in [-0.15, -0.1) is 0 Å². The molecule has 0 atom stereocenters. The lowest BCUT2D eigenvalue weighted by Crippen LogP contribution is -2.00. The Labute approximate surface area is 208 Å². The predicted molar refractivity (Wildman–Crippen MR) is 141 cm³/mol. The second kappa shape index (κ2) is 19.5. The molecule has 0 bridgehead atoms. The first-order valence-electron chi connectivity index (χ1n) is 13.8. The van der Waals surface area contributed by atoms with Crippen molar-refractivity contribution in [2.75, 3.05) is 26.4 Å². The van der Waals surface area contributed by atoms with Gasteiger partial charge in [0.25, 0.3) is 0 Å². The van der Waals surface area contributed by atoms with Gasteiger partial charge in [0, 0.05) is 43.9 Å². The van der Waals surface area contributed by atoms with Crippen LogP contribution in [0.1, 0.15) is 102 Å². The Morgan fingerprint density at radius 1 is 0.559 bits per heavy atom. The van der Waals surface area contributed by atoms with Crippen molar-refractivity contribution in [3.63, 3.8) is 0 Å². The quantitative estimate of drug-likeness (QED) is 0.179. The van der Waals surface area contributed by atoms with E-state index < -0.39 is 0 Å². The third kappa shape index (κ3) is 13.1. The monoisotopic (exact) mass is 469 g/mol. The fourth-order valence-electron chi connectivity index (χ4n) is 3.86. The van der Waals surface area contributed by atoms with Gasteiger partial charge < -0.3 is 9.47 Å². The van der Waals surface area contributed by atoms with Crippen LogP contribution in [0.3, 0.4) is 0 Å². The van der Waals surface area contributed by atoms with Gasteiger partial charge in [0.2, 0.25) is 0 Å². The molecule has 0 radical (unpaired) electrons.